The van der Waals surface area contributed by atoms with E-state index in [0.29, 0.717) is 6.04 Å². The minimum atomic E-state index is 0.206. The van der Waals surface area contributed by atoms with Gasteiger partial charge in [-0.1, -0.05) is 19.8 Å². The van der Waals surface area contributed by atoms with Gasteiger partial charge in [-0.3, -0.25) is 0 Å². The summed E-state index contributed by atoms with van der Waals surface area (Å²) < 4.78 is 2.34. The maximum absolute atomic E-state index is 4.68. The number of nitrogens with zero attached hydrogens (tertiary/aromatic N) is 3. The molecule has 1 fully saturated rings. The van der Waals surface area contributed by atoms with Crippen LogP contribution in [0.1, 0.15) is 67.2 Å². The molecule has 4 nitrogen and oxygen atoms in total. The minimum Gasteiger partial charge on any atom is -0.347 e. The van der Waals surface area contributed by atoms with E-state index >= 15 is 0 Å². The summed E-state index contributed by atoms with van der Waals surface area (Å²) in [6.07, 6.45) is 10.5. The predicted octanol–water partition coefficient (Wildman–Crippen LogP) is 4.50. The molecule has 1 N–H and O–H groups in total. The molecule has 114 valence electrons. The van der Waals surface area contributed by atoms with Gasteiger partial charge in [-0.05, 0) is 33.1 Å². The van der Waals surface area contributed by atoms with Gasteiger partial charge in [-0.25, -0.2) is 9.97 Å². The summed E-state index contributed by atoms with van der Waals surface area (Å²) >= 11 is 1.79. The zero-order valence-corrected chi connectivity index (χ0v) is 13.9. The summed E-state index contributed by atoms with van der Waals surface area (Å²) in [6.45, 7) is 6.41. The molecule has 0 aliphatic heterocycles. The molecule has 0 aromatic carbocycles. The first-order valence-corrected chi connectivity index (χ1v) is 8.75. The van der Waals surface area contributed by atoms with Gasteiger partial charge in [0.2, 0.25) is 5.95 Å². The molecule has 1 unspecified atom stereocenters. The number of hydrogen-bond acceptors (Lipinski definition) is 4. The lowest BCUT2D eigenvalue weighted by Crippen LogP contribution is -2.13. The van der Waals surface area contributed by atoms with E-state index in [4.69, 9.17) is 0 Å². The Morgan fingerprint density at radius 3 is 2.86 bits per heavy atom. The van der Waals surface area contributed by atoms with Crippen molar-refractivity contribution in [1.29, 1.82) is 0 Å². The van der Waals surface area contributed by atoms with Crippen molar-refractivity contribution in [2.75, 3.05) is 5.32 Å². The molecule has 0 radical (unpaired) electrons. The van der Waals surface area contributed by atoms with Crippen LogP contribution in [-0.2, 0) is 6.42 Å². The van der Waals surface area contributed by atoms with Crippen LogP contribution < -0.4 is 5.32 Å². The van der Waals surface area contributed by atoms with E-state index in [1.54, 1.807) is 11.3 Å². The second kappa shape index (κ2) is 6.18. The van der Waals surface area contributed by atoms with Crippen molar-refractivity contribution in [2.45, 2.75) is 65.0 Å². The van der Waals surface area contributed by atoms with Crippen LogP contribution in [0.3, 0.4) is 0 Å². The van der Waals surface area contributed by atoms with Crippen LogP contribution in [0.15, 0.2) is 12.4 Å². The van der Waals surface area contributed by atoms with Crippen molar-refractivity contribution >= 4 is 17.3 Å². The molecule has 1 aliphatic carbocycles. The van der Waals surface area contributed by atoms with E-state index in [1.165, 1.54) is 30.6 Å². The topological polar surface area (TPSA) is 42.7 Å². The third-order valence-corrected chi connectivity index (χ3v) is 5.53. The van der Waals surface area contributed by atoms with Gasteiger partial charge in [0.05, 0.1) is 11.7 Å². The van der Waals surface area contributed by atoms with Gasteiger partial charge in [-0.15, -0.1) is 11.3 Å². The number of aryl methyl sites for hydroxylation is 2. The highest BCUT2D eigenvalue weighted by molar-refractivity contribution is 7.11. The fourth-order valence-electron chi connectivity index (χ4n) is 3.03. The molecule has 1 atom stereocenters. The number of anilines is 1. The first kappa shape index (κ1) is 14.6. The van der Waals surface area contributed by atoms with E-state index in [2.05, 4.69) is 46.8 Å². The van der Waals surface area contributed by atoms with E-state index in [9.17, 15) is 0 Å². The third kappa shape index (κ3) is 3.12. The standard InChI is InChI=1S/C16H24N4S/c1-4-14-9-17-15(21-14)12(3)19-16-18-11(2)10-20(16)13-7-5-6-8-13/h9-10,12-13H,4-8H2,1-3H3,(H,18,19). The van der Waals surface area contributed by atoms with E-state index in [0.717, 1.165) is 23.1 Å². The van der Waals surface area contributed by atoms with Crippen LogP contribution in [0, 0.1) is 6.92 Å². The van der Waals surface area contributed by atoms with Crippen molar-refractivity contribution in [3.05, 3.63) is 28.0 Å². The molecular weight excluding hydrogens is 280 g/mol. The Morgan fingerprint density at radius 2 is 2.19 bits per heavy atom. The first-order chi connectivity index (χ1) is 10.2. The van der Waals surface area contributed by atoms with E-state index in [-0.39, 0.29) is 6.04 Å². The molecule has 0 saturated heterocycles. The summed E-state index contributed by atoms with van der Waals surface area (Å²) in [7, 11) is 0. The summed E-state index contributed by atoms with van der Waals surface area (Å²) in [5.41, 5.74) is 1.09. The number of aromatic nitrogens is 3. The van der Waals surface area contributed by atoms with Gasteiger partial charge in [0.1, 0.15) is 5.01 Å². The van der Waals surface area contributed by atoms with Crippen molar-refractivity contribution in [2.24, 2.45) is 0 Å². The van der Waals surface area contributed by atoms with Crippen LogP contribution in [-0.4, -0.2) is 14.5 Å². The van der Waals surface area contributed by atoms with Gasteiger partial charge in [0, 0.05) is 23.3 Å². The van der Waals surface area contributed by atoms with Crippen molar-refractivity contribution in [3.8, 4) is 0 Å². The molecule has 3 rings (SSSR count). The molecular formula is C16H24N4S. The second-order valence-electron chi connectivity index (χ2n) is 5.94. The van der Waals surface area contributed by atoms with Crippen LogP contribution in [0.25, 0.3) is 0 Å². The summed E-state index contributed by atoms with van der Waals surface area (Å²) in [5, 5.41) is 4.71. The minimum absolute atomic E-state index is 0.206. The SMILES string of the molecule is CCc1cnc(C(C)Nc2nc(C)cn2C2CCCC2)s1. The molecule has 0 amide bonds. The first-order valence-electron chi connectivity index (χ1n) is 7.94. The molecule has 1 aliphatic rings. The van der Waals surface area contributed by atoms with E-state index in [1.807, 2.05) is 6.20 Å². The fraction of sp³-hybridized carbons (Fsp3) is 0.625. The van der Waals surface area contributed by atoms with Crippen LogP contribution in [0.2, 0.25) is 0 Å². The molecule has 2 aromatic heterocycles. The average molecular weight is 304 g/mol. The molecule has 1 saturated carbocycles. The zero-order valence-electron chi connectivity index (χ0n) is 13.1. The van der Waals surface area contributed by atoms with Crippen molar-refractivity contribution in [1.82, 2.24) is 14.5 Å². The number of imidazole rings is 1. The highest BCUT2D eigenvalue weighted by Crippen LogP contribution is 2.33. The maximum atomic E-state index is 4.68. The van der Waals surface area contributed by atoms with Gasteiger partial charge >= 0.3 is 0 Å². The third-order valence-electron chi connectivity index (χ3n) is 4.21. The largest absolute Gasteiger partial charge is 0.347 e. The molecule has 5 heteroatoms. The Hall–Kier alpha value is -1.36. The predicted molar refractivity (Wildman–Crippen MR) is 88.0 cm³/mol. The smallest absolute Gasteiger partial charge is 0.203 e. The Kier molecular flexibility index (Phi) is 4.29. The molecule has 0 bridgehead atoms. The summed E-state index contributed by atoms with van der Waals surface area (Å²) in [5.74, 6) is 1.00. The summed E-state index contributed by atoms with van der Waals surface area (Å²) in [6, 6.07) is 0.820. The lowest BCUT2D eigenvalue weighted by molar-refractivity contribution is 0.520. The van der Waals surface area contributed by atoms with Crippen molar-refractivity contribution < 1.29 is 0 Å². The van der Waals surface area contributed by atoms with Crippen molar-refractivity contribution in [3.63, 3.8) is 0 Å². The quantitative estimate of drug-likeness (QED) is 0.884. The fourth-order valence-corrected chi connectivity index (χ4v) is 3.88. The molecule has 2 heterocycles. The maximum Gasteiger partial charge on any atom is 0.203 e. The Bertz CT molecular complexity index is 595. The number of hydrogen-bond donors (Lipinski definition) is 1. The molecule has 21 heavy (non-hydrogen) atoms. The summed E-state index contributed by atoms with van der Waals surface area (Å²) in [4.78, 5) is 10.6. The van der Waals surface area contributed by atoms with Gasteiger partial charge in [0.15, 0.2) is 0 Å². The Labute approximate surface area is 130 Å². The Balaban J connectivity index is 1.77. The van der Waals surface area contributed by atoms with Crippen LogP contribution in [0.4, 0.5) is 5.95 Å². The highest BCUT2D eigenvalue weighted by Gasteiger charge is 2.21. The lowest BCUT2D eigenvalue weighted by Gasteiger charge is -2.18. The van der Waals surface area contributed by atoms with Gasteiger partial charge in [-0.2, -0.15) is 0 Å². The monoisotopic (exact) mass is 304 g/mol. The normalized spacial score (nSPS) is 17.3. The Morgan fingerprint density at radius 1 is 1.43 bits per heavy atom. The number of nitrogens with one attached hydrogen (secondary N) is 1. The highest BCUT2D eigenvalue weighted by atomic mass is 32.1. The second-order valence-corrected chi connectivity index (χ2v) is 7.08. The average Bonchev–Trinajstić information content (AvgIpc) is 3.18. The van der Waals surface area contributed by atoms with Crippen LogP contribution in [0.5, 0.6) is 0 Å². The number of thiazole rings is 1. The van der Waals surface area contributed by atoms with E-state index < -0.39 is 0 Å². The van der Waals surface area contributed by atoms with Gasteiger partial charge in [0.25, 0.3) is 0 Å². The van der Waals surface area contributed by atoms with Gasteiger partial charge < -0.3 is 9.88 Å². The number of rotatable bonds is 5. The molecule has 2 aromatic rings. The van der Waals surface area contributed by atoms with Crippen LogP contribution >= 0.6 is 11.3 Å². The zero-order chi connectivity index (χ0) is 14.8. The lowest BCUT2D eigenvalue weighted by atomic mass is 10.2. The molecule has 0 spiro atoms.